The highest BCUT2D eigenvalue weighted by atomic mass is 35.5. The normalized spacial score (nSPS) is 15.2. The van der Waals surface area contributed by atoms with Crippen LogP contribution in [-0.2, 0) is 0 Å². The minimum atomic E-state index is -0.858. The Morgan fingerprint density at radius 2 is 2.05 bits per heavy atom. The fourth-order valence-corrected chi connectivity index (χ4v) is 1.70. The zero-order valence-electron chi connectivity index (χ0n) is 10.8. The third kappa shape index (κ3) is 4.05. The summed E-state index contributed by atoms with van der Waals surface area (Å²) in [7, 11) is 0. The highest BCUT2D eigenvalue weighted by molar-refractivity contribution is 5.85. The van der Waals surface area contributed by atoms with Gasteiger partial charge in [-0.3, -0.25) is 10.1 Å². The van der Waals surface area contributed by atoms with Crippen molar-refractivity contribution in [2.45, 2.75) is 32.4 Å². The summed E-state index contributed by atoms with van der Waals surface area (Å²) in [5, 5.41) is 30.3. The number of hydrogen-bond acceptors (Lipinski definition) is 5. The zero-order chi connectivity index (χ0) is 13.9. The van der Waals surface area contributed by atoms with Crippen molar-refractivity contribution in [3.8, 4) is 5.75 Å². The molecule has 1 rings (SSSR count). The molecule has 0 amide bonds. The van der Waals surface area contributed by atoms with Crippen molar-refractivity contribution < 1.29 is 15.1 Å². The summed E-state index contributed by atoms with van der Waals surface area (Å²) in [5.41, 5.74) is 5.89. The Morgan fingerprint density at radius 3 is 2.53 bits per heavy atom. The van der Waals surface area contributed by atoms with Gasteiger partial charge in [-0.05, 0) is 12.0 Å². The summed E-state index contributed by atoms with van der Waals surface area (Å²) < 4.78 is 0. The molecule has 0 aliphatic heterocycles. The number of nitrogens with zero attached hydrogens (tertiary/aromatic N) is 1. The van der Waals surface area contributed by atoms with Crippen molar-refractivity contribution in [3.05, 3.63) is 33.9 Å². The Balaban J connectivity index is 0.00000324. The minimum Gasteiger partial charge on any atom is -0.508 e. The van der Waals surface area contributed by atoms with Crippen LogP contribution in [0.4, 0.5) is 5.69 Å². The van der Waals surface area contributed by atoms with E-state index in [1.54, 1.807) is 0 Å². The van der Waals surface area contributed by atoms with Gasteiger partial charge in [0.1, 0.15) is 5.75 Å². The maximum absolute atomic E-state index is 10.7. The SMILES string of the molecule is CCC(C)[C@@H](O)[C@@H](N)c1cc([N+](=O)[O-])ccc1O.Cl. The summed E-state index contributed by atoms with van der Waals surface area (Å²) in [6.07, 6.45) is -0.132. The first-order valence-corrected chi connectivity index (χ1v) is 5.79. The second kappa shape index (κ2) is 7.28. The zero-order valence-corrected chi connectivity index (χ0v) is 11.6. The molecule has 0 heterocycles. The third-order valence-electron chi connectivity index (χ3n) is 3.18. The molecule has 1 aromatic rings. The number of non-ortho nitro benzene ring substituents is 1. The van der Waals surface area contributed by atoms with Gasteiger partial charge >= 0.3 is 0 Å². The first-order valence-electron chi connectivity index (χ1n) is 5.79. The van der Waals surface area contributed by atoms with Gasteiger partial charge in [0.2, 0.25) is 0 Å². The van der Waals surface area contributed by atoms with E-state index in [9.17, 15) is 20.3 Å². The topological polar surface area (TPSA) is 110 Å². The van der Waals surface area contributed by atoms with Crippen LogP contribution in [0.25, 0.3) is 0 Å². The second-order valence-corrected chi connectivity index (χ2v) is 4.40. The van der Waals surface area contributed by atoms with Gasteiger partial charge in [0.15, 0.2) is 0 Å². The summed E-state index contributed by atoms with van der Waals surface area (Å²) in [6.45, 7) is 3.74. The van der Waals surface area contributed by atoms with Crippen LogP contribution in [0.2, 0.25) is 0 Å². The Labute approximate surface area is 117 Å². The van der Waals surface area contributed by atoms with E-state index in [1.807, 2.05) is 13.8 Å². The molecule has 4 N–H and O–H groups in total. The molecule has 0 bridgehead atoms. The molecular weight excluding hydrogens is 272 g/mol. The molecule has 19 heavy (non-hydrogen) atoms. The molecule has 1 aromatic carbocycles. The van der Waals surface area contributed by atoms with E-state index in [0.717, 1.165) is 6.42 Å². The predicted octanol–water partition coefficient (Wildman–Crippen LogP) is 2.13. The maximum atomic E-state index is 10.7. The van der Waals surface area contributed by atoms with Gasteiger partial charge in [0.05, 0.1) is 17.1 Å². The number of aliphatic hydroxyl groups excluding tert-OH is 1. The third-order valence-corrected chi connectivity index (χ3v) is 3.18. The molecule has 0 spiro atoms. The number of hydrogen-bond donors (Lipinski definition) is 3. The summed E-state index contributed by atoms with van der Waals surface area (Å²) in [6, 6.07) is 2.77. The average Bonchev–Trinajstić information content (AvgIpc) is 2.36. The van der Waals surface area contributed by atoms with Crippen LogP contribution in [0.3, 0.4) is 0 Å². The number of nitrogens with two attached hydrogens (primary N) is 1. The van der Waals surface area contributed by atoms with Crippen LogP contribution in [0.15, 0.2) is 18.2 Å². The van der Waals surface area contributed by atoms with E-state index >= 15 is 0 Å². The molecule has 6 nitrogen and oxygen atoms in total. The van der Waals surface area contributed by atoms with E-state index in [1.165, 1.54) is 18.2 Å². The number of halogens is 1. The van der Waals surface area contributed by atoms with Crippen molar-refractivity contribution in [2.75, 3.05) is 0 Å². The highest BCUT2D eigenvalue weighted by Gasteiger charge is 2.25. The lowest BCUT2D eigenvalue weighted by Crippen LogP contribution is -2.31. The number of nitro groups is 1. The van der Waals surface area contributed by atoms with Gasteiger partial charge in [-0.1, -0.05) is 20.3 Å². The molecule has 0 fully saturated rings. The second-order valence-electron chi connectivity index (χ2n) is 4.40. The van der Waals surface area contributed by atoms with Gasteiger partial charge < -0.3 is 15.9 Å². The van der Waals surface area contributed by atoms with Crippen LogP contribution in [0, 0.1) is 16.0 Å². The summed E-state index contributed by atoms with van der Waals surface area (Å²) in [4.78, 5) is 10.1. The Bertz CT molecular complexity index is 442. The van der Waals surface area contributed by atoms with E-state index in [0.29, 0.717) is 0 Å². The number of aliphatic hydroxyl groups is 1. The van der Waals surface area contributed by atoms with E-state index < -0.39 is 17.1 Å². The number of benzene rings is 1. The smallest absolute Gasteiger partial charge is 0.270 e. The van der Waals surface area contributed by atoms with Gasteiger partial charge in [0.25, 0.3) is 5.69 Å². The van der Waals surface area contributed by atoms with Crippen LogP contribution >= 0.6 is 12.4 Å². The highest BCUT2D eigenvalue weighted by Crippen LogP contribution is 2.31. The molecule has 1 unspecified atom stereocenters. The van der Waals surface area contributed by atoms with Crippen molar-refractivity contribution >= 4 is 18.1 Å². The fraction of sp³-hybridized carbons (Fsp3) is 0.500. The standard InChI is InChI=1S/C12H18N2O4.ClH/c1-3-7(2)12(16)11(13)9-6-8(14(17)18)4-5-10(9)15;/h4-7,11-12,15-16H,3,13H2,1-2H3;1H/t7?,11-,12+;/m0./s1. The van der Waals surface area contributed by atoms with Crippen LogP contribution in [-0.4, -0.2) is 21.2 Å². The molecule has 108 valence electrons. The van der Waals surface area contributed by atoms with Crippen molar-refractivity contribution in [1.29, 1.82) is 0 Å². The quantitative estimate of drug-likeness (QED) is 0.568. The Kier molecular flexibility index (Phi) is 6.75. The van der Waals surface area contributed by atoms with Crippen LogP contribution < -0.4 is 5.73 Å². The van der Waals surface area contributed by atoms with Gasteiger partial charge in [0, 0.05) is 17.7 Å². The largest absolute Gasteiger partial charge is 0.508 e. The molecule has 0 aromatic heterocycles. The van der Waals surface area contributed by atoms with E-state index in [4.69, 9.17) is 5.73 Å². The lowest BCUT2D eigenvalue weighted by atomic mass is 9.91. The Morgan fingerprint density at radius 1 is 1.47 bits per heavy atom. The molecule has 0 aliphatic carbocycles. The Hall–Kier alpha value is -1.37. The lowest BCUT2D eigenvalue weighted by molar-refractivity contribution is -0.385. The van der Waals surface area contributed by atoms with Gasteiger partial charge in [-0.15, -0.1) is 12.4 Å². The number of nitro benzene ring substituents is 1. The molecular formula is C12H19ClN2O4. The van der Waals surface area contributed by atoms with Crippen molar-refractivity contribution in [2.24, 2.45) is 11.7 Å². The molecule has 0 saturated carbocycles. The van der Waals surface area contributed by atoms with Crippen molar-refractivity contribution in [3.63, 3.8) is 0 Å². The number of aromatic hydroxyl groups is 1. The fourth-order valence-electron chi connectivity index (χ4n) is 1.70. The maximum Gasteiger partial charge on any atom is 0.270 e. The number of phenols is 1. The van der Waals surface area contributed by atoms with E-state index in [-0.39, 0.29) is 35.3 Å². The summed E-state index contributed by atoms with van der Waals surface area (Å²) >= 11 is 0. The first-order chi connectivity index (χ1) is 8.38. The van der Waals surface area contributed by atoms with Gasteiger partial charge in [-0.25, -0.2) is 0 Å². The van der Waals surface area contributed by atoms with Crippen LogP contribution in [0.5, 0.6) is 5.75 Å². The van der Waals surface area contributed by atoms with E-state index in [2.05, 4.69) is 0 Å². The van der Waals surface area contributed by atoms with Crippen LogP contribution in [0.1, 0.15) is 31.9 Å². The average molecular weight is 291 g/mol. The molecule has 0 saturated heterocycles. The summed E-state index contributed by atoms with van der Waals surface area (Å²) in [5.74, 6) is -0.200. The first kappa shape index (κ1) is 17.6. The minimum absolute atomic E-state index is 0. The molecule has 0 aliphatic rings. The lowest BCUT2D eigenvalue weighted by Gasteiger charge is -2.24. The monoisotopic (exact) mass is 290 g/mol. The number of rotatable bonds is 5. The van der Waals surface area contributed by atoms with Gasteiger partial charge in [-0.2, -0.15) is 0 Å². The molecule has 0 radical (unpaired) electrons. The molecule has 7 heteroatoms. The predicted molar refractivity (Wildman–Crippen MR) is 74.4 cm³/mol. The van der Waals surface area contributed by atoms with Crippen molar-refractivity contribution in [1.82, 2.24) is 0 Å². The molecule has 3 atom stereocenters. The number of phenolic OH excluding ortho intramolecular Hbond substituents is 1.